The summed E-state index contributed by atoms with van der Waals surface area (Å²) in [5, 5.41) is 5.62. The molecule has 3 amide bonds. The van der Waals surface area contributed by atoms with Gasteiger partial charge in [-0.25, -0.2) is 0 Å². The quantitative estimate of drug-likeness (QED) is 0.428. The second kappa shape index (κ2) is 5.19. The molecule has 2 aliphatic heterocycles. The minimum atomic E-state index is -1.61. The number of anilines is 1. The Balaban J connectivity index is 2.18. The van der Waals surface area contributed by atoms with Crippen molar-refractivity contribution in [2.45, 2.75) is 38.3 Å². The maximum Gasteiger partial charge on any atom is 0.265 e. The van der Waals surface area contributed by atoms with Crippen molar-refractivity contribution in [3.05, 3.63) is 27.3 Å². The summed E-state index contributed by atoms with van der Waals surface area (Å²) in [4.78, 5) is 39.4. The summed E-state index contributed by atoms with van der Waals surface area (Å²) >= 11 is 2.13. The molecule has 2 N–H and O–H groups in total. The third-order valence-electron chi connectivity index (χ3n) is 4.02. The number of carbonyl (C=O) groups excluding carboxylic acids is 3. The van der Waals surface area contributed by atoms with Gasteiger partial charge < -0.3 is 15.5 Å². The van der Waals surface area contributed by atoms with Crippen LogP contribution in [-0.2, 0) is 19.9 Å². The van der Waals surface area contributed by atoms with Gasteiger partial charge in [0.25, 0.3) is 11.8 Å². The molecule has 23 heavy (non-hydrogen) atoms. The van der Waals surface area contributed by atoms with E-state index in [9.17, 15) is 14.4 Å². The lowest BCUT2D eigenvalue weighted by atomic mass is 9.84. The van der Waals surface area contributed by atoms with Gasteiger partial charge in [-0.2, -0.15) is 0 Å². The Bertz CT molecular complexity index is 726. The molecule has 0 bridgehead atoms. The Morgan fingerprint density at radius 3 is 2.57 bits per heavy atom. The smallest absolute Gasteiger partial charge is 0.265 e. The fraction of sp³-hybridized carbons (Fsp3) is 0.438. The van der Waals surface area contributed by atoms with E-state index in [-0.39, 0.29) is 5.91 Å². The van der Waals surface area contributed by atoms with Crippen molar-refractivity contribution in [3.63, 3.8) is 0 Å². The van der Waals surface area contributed by atoms with Gasteiger partial charge in [-0.05, 0) is 61.6 Å². The first-order valence-corrected chi connectivity index (χ1v) is 8.49. The van der Waals surface area contributed by atoms with Crippen LogP contribution in [0.15, 0.2) is 18.2 Å². The molecule has 0 aliphatic carbocycles. The van der Waals surface area contributed by atoms with Gasteiger partial charge in [0.15, 0.2) is 0 Å². The highest BCUT2D eigenvalue weighted by Gasteiger charge is 2.61. The lowest BCUT2D eigenvalue weighted by Crippen LogP contribution is -2.67. The van der Waals surface area contributed by atoms with E-state index in [1.807, 2.05) is 26.8 Å². The van der Waals surface area contributed by atoms with Crippen LogP contribution in [0.2, 0.25) is 0 Å². The van der Waals surface area contributed by atoms with Crippen molar-refractivity contribution < 1.29 is 14.4 Å². The second-order valence-electron chi connectivity index (χ2n) is 6.85. The Morgan fingerprint density at radius 1 is 1.35 bits per heavy atom. The van der Waals surface area contributed by atoms with Crippen molar-refractivity contribution >= 4 is 46.0 Å². The van der Waals surface area contributed by atoms with Gasteiger partial charge in [-0.15, -0.1) is 0 Å². The maximum atomic E-state index is 13.1. The van der Waals surface area contributed by atoms with E-state index in [1.165, 1.54) is 4.90 Å². The summed E-state index contributed by atoms with van der Waals surface area (Å²) in [6, 6.07) is 5.42. The van der Waals surface area contributed by atoms with Gasteiger partial charge in [0, 0.05) is 33.3 Å². The van der Waals surface area contributed by atoms with Gasteiger partial charge in [0.1, 0.15) is 0 Å². The first kappa shape index (κ1) is 16.2. The van der Waals surface area contributed by atoms with Crippen LogP contribution < -0.4 is 10.6 Å². The number of carbonyl (C=O) groups is 3. The number of likely N-dealkylation sites (tertiary alicyclic amines) is 1. The van der Waals surface area contributed by atoms with E-state index in [4.69, 9.17) is 0 Å². The topological polar surface area (TPSA) is 78.5 Å². The minimum absolute atomic E-state index is 0.184. The summed E-state index contributed by atoms with van der Waals surface area (Å²) in [5.41, 5.74) is -0.995. The predicted octanol–water partition coefficient (Wildman–Crippen LogP) is 1.59. The van der Waals surface area contributed by atoms with E-state index in [2.05, 4.69) is 33.2 Å². The third-order valence-corrected chi connectivity index (χ3v) is 4.69. The van der Waals surface area contributed by atoms with Gasteiger partial charge in [0.2, 0.25) is 11.4 Å². The Hall–Kier alpha value is -1.64. The number of nitrogens with zero attached hydrogens (tertiary/aromatic N) is 1. The predicted molar refractivity (Wildman–Crippen MR) is 93.7 cm³/mol. The zero-order chi connectivity index (χ0) is 17.0. The van der Waals surface area contributed by atoms with Gasteiger partial charge in [-0.3, -0.25) is 14.4 Å². The molecule has 0 spiro atoms. The number of hydrogen-bond donors (Lipinski definition) is 2. The zero-order valence-corrected chi connectivity index (χ0v) is 15.4. The van der Waals surface area contributed by atoms with Crippen LogP contribution in [0, 0.1) is 3.57 Å². The molecule has 122 valence electrons. The molecule has 2 heterocycles. The number of benzene rings is 1. The molecule has 0 aromatic heterocycles. The second-order valence-corrected chi connectivity index (χ2v) is 8.10. The molecule has 2 aliphatic rings. The van der Waals surface area contributed by atoms with Crippen LogP contribution in [-0.4, -0.2) is 34.7 Å². The molecular formula is C16H18IN3O3. The normalized spacial score (nSPS) is 23.2. The maximum absolute atomic E-state index is 13.1. The molecule has 7 heteroatoms. The fourth-order valence-corrected chi connectivity index (χ4v) is 3.47. The van der Waals surface area contributed by atoms with Crippen LogP contribution in [0.1, 0.15) is 32.8 Å². The highest BCUT2D eigenvalue weighted by atomic mass is 127. The molecule has 1 aromatic rings. The van der Waals surface area contributed by atoms with Gasteiger partial charge >= 0.3 is 0 Å². The highest BCUT2D eigenvalue weighted by molar-refractivity contribution is 14.1. The molecule has 6 nitrogen and oxygen atoms in total. The summed E-state index contributed by atoms with van der Waals surface area (Å²) in [7, 11) is 0. The molecule has 1 aromatic carbocycles. The van der Waals surface area contributed by atoms with Crippen molar-refractivity contribution in [3.8, 4) is 0 Å². The third kappa shape index (κ3) is 2.41. The number of β-lactam (4-membered cyclic amide) rings is 1. The molecule has 1 unspecified atom stereocenters. The van der Waals surface area contributed by atoms with Crippen molar-refractivity contribution in [1.29, 1.82) is 0 Å². The molecule has 1 fully saturated rings. The van der Waals surface area contributed by atoms with E-state index in [1.54, 1.807) is 12.1 Å². The number of halogens is 1. The number of hydrogen-bond acceptors (Lipinski definition) is 3. The average molecular weight is 427 g/mol. The average Bonchev–Trinajstić information content (AvgIpc) is 2.69. The van der Waals surface area contributed by atoms with Crippen LogP contribution in [0.3, 0.4) is 0 Å². The van der Waals surface area contributed by atoms with Gasteiger partial charge in [-0.1, -0.05) is 0 Å². The summed E-state index contributed by atoms with van der Waals surface area (Å²) in [6.07, 6.45) is 0.358. The van der Waals surface area contributed by atoms with Crippen molar-refractivity contribution in [2.75, 3.05) is 11.9 Å². The van der Waals surface area contributed by atoms with Crippen LogP contribution >= 0.6 is 22.6 Å². The first-order valence-electron chi connectivity index (χ1n) is 7.41. The van der Waals surface area contributed by atoms with Crippen LogP contribution in [0.25, 0.3) is 0 Å². The number of rotatable bonds is 2. The van der Waals surface area contributed by atoms with Crippen molar-refractivity contribution in [1.82, 2.24) is 10.2 Å². The minimum Gasteiger partial charge on any atom is -0.349 e. The van der Waals surface area contributed by atoms with E-state index < -0.39 is 22.9 Å². The Labute approximate surface area is 148 Å². The lowest BCUT2D eigenvalue weighted by molar-refractivity contribution is -0.163. The van der Waals surface area contributed by atoms with E-state index in [0.717, 1.165) is 3.57 Å². The Morgan fingerprint density at radius 2 is 2.04 bits per heavy atom. The zero-order valence-electron chi connectivity index (χ0n) is 13.2. The summed E-state index contributed by atoms with van der Waals surface area (Å²) < 4.78 is 0.902. The van der Waals surface area contributed by atoms with Crippen LogP contribution in [0.5, 0.6) is 0 Å². The van der Waals surface area contributed by atoms with Crippen LogP contribution in [0.4, 0.5) is 5.69 Å². The number of amides is 3. The first-order chi connectivity index (χ1) is 10.7. The summed E-state index contributed by atoms with van der Waals surface area (Å²) in [5.74, 6) is -1.11. The van der Waals surface area contributed by atoms with E-state index in [0.29, 0.717) is 24.2 Å². The Kier molecular flexibility index (Phi) is 3.66. The molecule has 0 radical (unpaired) electrons. The van der Waals surface area contributed by atoms with Crippen molar-refractivity contribution in [2.24, 2.45) is 0 Å². The molecule has 1 saturated heterocycles. The van der Waals surface area contributed by atoms with E-state index >= 15 is 0 Å². The standard InChI is InChI=1S/C16H18IN3O3/c1-15(2,3)19-14(23)16(20-7-6-12(20)21)10-8-9(17)4-5-11(10)18-13(16)22/h4-5,8H,6-7H2,1-3H3,(H,18,22)(H,19,23). The monoisotopic (exact) mass is 427 g/mol. The largest absolute Gasteiger partial charge is 0.349 e. The summed E-state index contributed by atoms with van der Waals surface area (Å²) in [6.45, 7) is 5.94. The molecule has 0 saturated carbocycles. The van der Waals surface area contributed by atoms with Gasteiger partial charge in [0.05, 0.1) is 0 Å². The molecule has 1 atom stereocenters. The lowest BCUT2D eigenvalue weighted by Gasteiger charge is -2.44. The SMILES string of the molecule is CC(C)(C)NC(=O)C1(N2CCC2=O)C(=O)Nc2ccc(I)cc21. The number of nitrogens with one attached hydrogen (secondary N) is 2. The molecular weight excluding hydrogens is 409 g/mol. The fourth-order valence-electron chi connectivity index (χ4n) is 2.98. The molecule has 3 rings (SSSR count). The number of fused-ring (bicyclic) bond motifs is 1. The highest BCUT2D eigenvalue weighted by Crippen LogP contribution is 2.44.